The molecule has 0 unspecified atom stereocenters. The number of aromatic nitrogens is 3. The highest BCUT2D eigenvalue weighted by atomic mass is 16.1. The largest absolute Gasteiger partial charge is 0.326 e. The second kappa shape index (κ2) is 5.86. The highest BCUT2D eigenvalue weighted by Crippen LogP contribution is 2.15. The number of anilines is 1. The van der Waals surface area contributed by atoms with E-state index in [-0.39, 0.29) is 5.91 Å². The van der Waals surface area contributed by atoms with Crippen LogP contribution in [0.25, 0.3) is 0 Å². The van der Waals surface area contributed by atoms with Gasteiger partial charge in [-0.25, -0.2) is 0 Å². The van der Waals surface area contributed by atoms with Gasteiger partial charge in [0.25, 0.3) is 0 Å². The van der Waals surface area contributed by atoms with Crippen molar-refractivity contribution in [1.29, 1.82) is 0 Å². The maximum atomic E-state index is 12.0. The molecule has 0 radical (unpaired) electrons. The van der Waals surface area contributed by atoms with E-state index in [1.807, 2.05) is 38.6 Å². The Kier molecular flexibility index (Phi) is 4.17. The zero-order valence-electron chi connectivity index (χ0n) is 12.4. The van der Waals surface area contributed by atoms with Gasteiger partial charge in [-0.15, -0.1) is 0 Å². The van der Waals surface area contributed by atoms with E-state index in [1.54, 1.807) is 12.3 Å². The molecule has 2 aromatic heterocycles. The first-order valence-electron chi connectivity index (χ1n) is 6.69. The lowest BCUT2D eigenvalue weighted by atomic mass is 10.1. The molecule has 1 N–H and O–H groups in total. The molecule has 0 aliphatic carbocycles. The zero-order chi connectivity index (χ0) is 14.7. The SMILES string of the molecule is Cc1cc(NC(=O)CCc2c(C)nn(C)c2C)ccn1. The minimum atomic E-state index is 0.0123. The zero-order valence-corrected chi connectivity index (χ0v) is 12.4. The number of hydrogen-bond donors (Lipinski definition) is 1. The Morgan fingerprint density at radius 1 is 1.35 bits per heavy atom. The van der Waals surface area contributed by atoms with Crippen LogP contribution in [0.4, 0.5) is 5.69 Å². The molecule has 0 saturated carbocycles. The van der Waals surface area contributed by atoms with Gasteiger partial charge in [0.1, 0.15) is 0 Å². The van der Waals surface area contributed by atoms with Gasteiger partial charge in [0.15, 0.2) is 0 Å². The van der Waals surface area contributed by atoms with E-state index >= 15 is 0 Å². The third kappa shape index (κ3) is 3.23. The van der Waals surface area contributed by atoms with Crippen molar-refractivity contribution in [2.24, 2.45) is 7.05 Å². The van der Waals surface area contributed by atoms with E-state index in [0.717, 1.165) is 28.3 Å². The molecular formula is C15H20N4O. The van der Waals surface area contributed by atoms with Crippen LogP contribution >= 0.6 is 0 Å². The smallest absolute Gasteiger partial charge is 0.224 e. The molecule has 2 rings (SSSR count). The van der Waals surface area contributed by atoms with Crippen LogP contribution in [0.5, 0.6) is 0 Å². The lowest BCUT2D eigenvalue weighted by Gasteiger charge is -2.06. The van der Waals surface area contributed by atoms with Gasteiger partial charge in [-0.2, -0.15) is 5.10 Å². The molecule has 2 heterocycles. The Balaban J connectivity index is 1.96. The second-order valence-electron chi connectivity index (χ2n) is 5.01. The number of nitrogens with one attached hydrogen (secondary N) is 1. The van der Waals surface area contributed by atoms with Crippen molar-refractivity contribution in [3.63, 3.8) is 0 Å². The van der Waals surface area contributed by atoms with E-state index in [1.165, 1.54) is 0 Å². The Labute approximate surface area is 119 Å². The van der Waals surface area contributed by atoms with E-state index in [0.29, 0.717) is 12.8 Å². The lowest BCUT2D eigenvalue weighted by Crippen LogP contribution is -2.13. The summed E-state index contributed by atoms with van der Waals surface area (Å²) in [5.41, 5.74) is 4.96. The Bertz CT molecular complexity index is 631. The molecule has 0 aromatic carbocycles. The molecule has 2 aromatic rings. The maximum Gasteiger partial charge on any atom is 0.224 e. The molecule has 0 aliphatic rings. The number of carbonyl (C=O) groups is 1. The average molecular weight is 272 g/mol. The average Bonchev–Trinajstić information content (AvgIpc) is 2.61. The maximum absolute atomic E-state index is 12.0. The predicted octanol–water partition coefficient (Wildman–Crippen LogP) is 2.31. The van der Waals surface area contributed by atoms with Crippen molar-refractivity contribution in [3.05, 3.63) is 41.0 Å². The summed E-state index contributed by atoms with van der Waals surface area (Å²) in [6.07, 6.45) is 2.86. The van der Waals surface area contributed by atoms with Gasteiger partial charge in [-0.05, 0) is 44.9 Å². The fraction of sp³-hybridized carbons (Fsp3) is 0.400. The van der Waals surface area contributed by atoms with Crippen LogP contribution in [0, 0.1) is 20.8 Å². The number of hydrogen-bond acceptors (Lipinski definition) is 3. The van der Waals surface area contributed by atoms with E-state index < -0.39 is 0 Å². The van der Waals surface area contributed by atoms with Crippen LogP contribution in [-0.4, -0.2) is 20.7 Å². The van der Waals surface area contributed by atoms with Crippen LogP contribution in [0.3, 0.4) is 0 Å². The van der Waals surface area contributed by atoms with Crippen molar-refractivity contribution in [1.82, 2.24) is 14.8 Å². The van der Waals surface area contributed by atoms with Crippen molar-refractivity contribution < 1.29 is 4.79 Å². The lowest BCUT2D eigenvalue weighted by molar-refractivity contribution is -0.116. The van der Waals surface area contributed by atoms with Gasteiger partial charge >= 0.3 is 0 Å². The molecule has 5 heteroatoms. The van der Waals surface area contributed by atoms with Gasteiger partial charge in [0.2, 0.25) is 5.91 Å². The number of pyridine rings is 1. The monoisotopic (exact) mass is 272 g/mol. The minimum absolute atomic E-state index is 0.0123. The summed E-state index contributed by atoms with van der Waals surface area (Å²) >= 11 is 0. The van der Waals surface area contributed by atoms with Crippen LogP contribution < -0.4 is 5.32 Å². The number of aryl methyl sites for hydroxylation is 3. The van der Waals surface area contributed by atoms with Crippen LogP contribution in [0.15, 0.2) is 18.3 Å². The Hall–Kier alpha value is -2.17. The van der Waals surface area contributed by atoms with Crippen LogP contribution in [0.1, 0.15) is 29.1 Å². The summed E-state index contributed by atoms with van der Waals surface area (Å²) in [6.45, 7) is 5.91. The van der Waals surface area contributed by atoms with Crippen LogP contribution in [0.2, 0.25) is 0 Å². The first-order valence-corrected chi connectivity index (χ1v) is 6.69. The highest BCUT2D eigenvalue weighted by Gasteiger charge is 2.11. The van der Waals surface area contributed by atoms with E-state index in [9.17, 15) is 4.79 Å². The first-order chi connectivity index (χ1) is 9.47. The topological polar surface area (TPSA) is 59.8 Å². The Morgan fingerprint density at radius 2 is 2.10 bits per heavy atom. The van der Waals surface area contributed by atoms with Crippen LogP contribution in [-0.2, 0) is 18.3 Å². The summed E-state index contributed by atoms with van der Waals surface area (Å²) in [5.74, 6) is 0.0123. The quantitative estimate of drug-likeness (QED) is 0.929. The summed E-state index contributed by atoms with van der Waals surface area (Å²) in [7, 11) is 1.92. The van der Waals surface area contributed by atoms with Crippen molar-refractivity contribution in [2.45, 2.75) is 33.6 Å². The molecule has 0 aliphatic heterocycles. The Morgan fingerprint density at radius 3 is 2.70 bits per heavy atom. The van der Waals surface area contributed by atoms with Gasteiger partial charge < -0.3 is 5.32 Å². The molecule has 0 fully saturated rings. The summed E-state index contributed by atoms with van der Waals surface area (Å²) in [5, 5.41) is 7.25. The van der Waals surface area contributed by atoms with Crippen molar-refractivity contribution >= 4 is 11.6 Å². The molecule has 0 saturated heterocycles. The molecule has 0 atom stereocenters. The molecule has 0 spiro atoms. The van der Waals surface area contributed by atoms with Crippen molar-refractivity contribution in [3.8, 4) is 0 Å². The molecule has 0 bridgehead atoms. The highest BCUT2D eigenvalue weighted by molar-refractivity contribution is 5.90. The number of carbonyl (C=O) groups excluding carboxylic acids is 1. The molecule has 5 nitrogen and oxygen atoms in total. The number of amides is 1. The van der Waals surface area contributed by atoms with Gasteiger partial charge in [0, 0.05) is 36.7 Å². The van der Waals surface area contributed by atoms with Gasteiger partial charge in [-0.3, -0.25) is 14.5 Å². The predicted molar refractivity (Wildman–Crippen MR) is 78.6 cm³/mol. The minimum Gasteiger partial charge on any atom is -0.326 e. The molecule has 106 valence electrons. The van der Waals surface area contributed by atoms with Crippen molar-refractivity contribution in [2.75, 3.05) is 5.32 Å². The van der Waals surface area contributed by atoms with E-state index in [4.69, 9.17) is 0 Å². The summed E-state index contributed by atoms with van der Waals surface area (Å²) < 4.78 is 1.86. The third-order valence-electron chi connectivity index (χ3n) is 3.44. The number of rotatable bonds is 4. The van der Waals surface area contributed by atoms with Gasteiger partial charge in [-0.1, -0.05) is 0 Å². The summed E-state index contributed by atoms with van der Waals surface area (Å²) in [6, 6.07) is 3.66. The molecule has 1 amide bonds. The van der Waals surface area contributed by atoms with E-state index in [2.05, 4.69) is 15.4 Å². The molecular weight excluding hydrogens is 252 g/mol. The first kappa shape index (κ1) is 14.2. The standard InChI is InChI=1S/C15H20N4O/c1-10-9-13(7-8-16-10)17-15(20)6-5-14-11(2)18-19(4)12(14)3/h7-9H,5-6H2,1-4H3,(H,16,17,20). The number of nitrogens with zero attached hydrogens (tertiary/aromatic N) is 3. The summed E-state index contributed by atoms with van der Waals surface area (Å²) in [4.78, 5) is 16.1. The third-order valence-corrected chi connectivity index (χ3v) is 3.44. The normalized spacial score (nSPS) is 10.6. The second-order valence-corrected chi connectivity index (χ2v) is 5.01. The fourth-order valence-electron chi connectivity index (χ4n) is 2.26. The van der Waals surface area contributed by atoms with Gasteiger partial charge in [0.05, 0.1) is 5.69 Å². The fourth-order valence-corrected chi connectivity index (χ4v) is 2.26. The molecule has 20 heavy (non-hydrogen) atoms.